The van der Waals surface area contributed by atoms with Crippen molar-refractivity contribution in [3.05, 3.63) is 0 Å². The van der Waals surface area contributed by atoms with Gasteiger partial charge in [0.15, 0.2) is 0 Å². The summed E-state index contributed by atoms with van der Waals surface area (Å²) in [4.78, 5) is 0. The number of ether oxygens (including phenoxy) is 1. The van der Waals surface area contributed by atoms with Gasteiger partial charge in [0.1, 0.15) is 0 Å². The molecular weight excluding hydrogens is 118 g/mol. The SMILES string of the molecule is CC1CO1.CCN.CO. The Morgan fingerprint density at radius 3 is 1.78 bits per heavy atom. The normalized spacial score (nSPS) is 20.3. The van der Waals surface area contributed by atoms with E-state index < -0.39 is 0 Å². The molecule has 9 heavy (non-hydrogen) atoms. The number of hydrogen-bond donors (Lipinski definition) is 2. The molecular formula is C6H17NO2. The lowest BCUT2D eigenvalue weighted by atomic mass is 10.6. The van der Waals surface area contributed by atoms with E-state index >= 15 is 0 Å². The van der Waals surface area contributed by atoms with E-state index in [1.807, 2.05) is 6.92 Å². The molecule has 0 aromatic rings. The minimum absolute atomic E-state index is 0.583. The summed E-state index contributed by atoms with van der Waals surface area (Å²) in [5.74, 6) is 0. The van der Waals surface area contributed by atoms with Crippen molar-refractivity contribution in [2.24, 2.45) is 5.73 Å². The molecule has 0 amide bonds. The van der Waals surface area contributed by atoms with Gasteiger partial charge in [0.2, 0.25) is 0 Å². The smallest absolute Gasteiger partial charge is 0.0781 e. The largest absolute Gasteiger partial charge is 0.400 e. The Bertz CT molecular complexity index is 38.0. The summed E-state index contributed by atoms with van der Waals surface area (Å²) >= 11 is 0. The van der Waals surface area contributed by atoms with Crippen LogP contribution in [0.3, 0.4) is 0 Å². The Kier molecular flexibility index (Phi) is 14.0. The first-order chi connectivity index (χ1) is 4.31. The predicted octanol–water partition coefficient (Wildman–Crippen LogP) is -0.0214. The van der Waals surface area contributed by atoms with Gasteiger partial charge in [-0.25, -0.2) is 0 Å². The van der Waals surface area contributed by atoms with Crippen molar-refractivity contribution in [3.8, 4) is 0 Å². The maximum absolute atomic E-state index is 7.00. The lowest BCUT2D eigenvalue weighted by Crippen LogP contribution is -1.87. The first kappa shape index (κ1) is 11.6. The molecule has 0 aromatic carbocycles. The molecule has 1 unspecified atom stereocenters. The van der Waals surface area contributed by atoms with Gasteiger partial charge in [-0.05, 0) is 13.5 Å². The standard InChI is InChI=1S/C3H6O.C2H7N.CH4O/c1-3-2-4-3;1-2-3;1-2/h3H,2H2,1H3;2-3H2,1H3;2H,1H3. The van der Waals surface area contributed by atoms with Gasteiger partial charge in [0.25, 0.3) is 0 Å². The maximum Gasteiger partial charge on any atom is 0.0781 e. The fourth-order valence-electron chi connectivity index (χ4n) is 0.0962. The second kappa shape index (κ2) is 10.8. The number of aliphatic hydroxyl groups is 1. The van der Waals surface area contributed by atoms with Crippen molar-refractivity contribution in [1.29, 1.82) is 0 Å². The first-order valence-electron chi connectivity index (χ1n) is 3.07. The predicted molar refractivity (Wildman–Crippen MR) is 38.3 cm³/mol. The van der Waals surface area contributed by atoms with Crippen LogP contribution in [0.15, 0.2) is 0 Å². The van der Waals surface area contributed by atoms with Crippen molar-refractivity contribution in [1.82, 2.24) is 0 Å². The summed E-state index contributed by atoms with van der Waals surface area (Å²) in [6.07, 6.45) is 0.583. The molecule has 1 aliphatic rings. The van der Waals surface area contributed by atoms with E-state index in [0.717, 1.165) is 20.3 Å². The zero-order valence-corrected chi connectivity index (χ0v) is 6.42. The van der Waals surface area contributed by atoms with Crippen molar-refractivity contribution in [2.45, 2.75) is 20.0 Å². The minimum atomic E-state index is 0.583. The van der Waals surface area contributed by atoms with E-state index in [2.05, 4.69) is 6.92 Å². The summed E-state index contributed by atoms with van der Waals surface area (Å²) in [6.45, 7) is 5.69. The molecule has 1 fully saturated rings. The molecule has 0 aromatic heterocycles. The molecule has 0 saturated carbocycles. The van der Waals surface area contributed by atoms with Crippen LogP contribution < -0.4 is 5.73 Å². The highest BCUT2D eigenvalue weighted by Crippen LogP contribution is 2.04. The van der Waals surface area contributed by atoms with Crippen LogP contribution in [0, 0.1) is 0 Å². The quantitative estimate of drug-likeness (QED) is 0.459. The Labute approximate surface area is 56.8 Å². The molecule has 0 spiro atoms. The molecule has 3 heteroatoms. The maximum atomic E-state index is 7.00. The molecule has 0 aliphatic carbocycles. The van der Waals surface area contributed by atoms with Crippen molar-refractivity contribution in [2.75, 3.05) is 20.3 Å². The van der Waals surface area contributed by atoms with Crippen molar-refractivity contribution >= 4 is 0 Å². The van der Waals surface area contributed by atoms with Gasteiger partial charge < -0.3 is 15.6 Å². The number of rotatable bonds is 0. The Morgan fingerprint density at radius 2 is 1.78 bits per heavy atom. The van der Waals surface area contributed by atoms with Crippen molar-refractivity contribution in [3.63, 3.8) is 0 Å². The van der Waals surface area contributed by atoms with E-state index in [1.165, 1.54) is 0 Å². The van der Waals surface area contributed by atoms with E-state index in [1.54, 1.807) is 0 Å². The molecule has 58 valence electrons. The molecule has 1 aliphatic heterocycles. The van der Waals surface area contributed by atoms with Crippen molar-refractivity contribution < 1.29 is 9.84 Å². The van der Waals surface area contributed by atoms with Crippen LogP contribution in [0.4, 0.5) is 0 Å². The third-order valence-electron chi connectivity index (χ3n) is 0.500. The Morgan fingerprint density at radius 1 is 1.67 bits per heavy atom. The molecule has 1 heterocycles. The second-order valence-corrected chi connectivity index (χ2v) is 1.55. The average Bonchev–Trinajstić information content (AvgIpc) is 2.59. The minimum Gasteiger partial charge on any atom is -0.400 e. The van der Waals surface area contributed by atoms with Crippen LogP contribution in [-0.4, -0.2) is 31.5 Å². The summed E-state index contributed by atoms with van der Waals surface area (Å²) < 4.78 is 4.71. The Balaban J connectivity index is 0. The highest BCUT2D eigenvalue weighted by molar-refractivity contribution is 4.58. The van der Waals surface area contributed by atoms with Crippen LogP contribution in [-0.2, 0) is 4.74 Å². The van der Waals surface area contributed by atoms with Gasteiger partial charge in [-0.2, -0.15) is 0 Å². The number of aliphatic hydroxyl groups excluding tert-OH is 1. The summed E-state index contributed by atoms with van der Waals surface area (Å²) in [6, 6.07) is 0. The number of hydrogen-bond acceptors (Lipinski definition) is 3. The van der Waals surface area contributed by atoms with E-state index in [-0.39, 0.29) is 0 Å². The summed E-state index contributed by atoms with van der Waals surface area (Å²) in [7, 11) is 1.00. The fraction of sp³-hybridized carbons (Fsp3) is 1.00. The van der Waals surface area contributed by atoms with Crippen LogP contribution >= 0.6 is 0 Å². The van der Waals surface area contributed by atoms with Crippen LogP contribution in [0.25, 0.3) is 0 Å². The van der Waals surface area contributed by atoms with Crippen LogP contribution in [0.2, 0.25) is 0 Å². The zero-order chi connectivity index (χ0) is 7.70. The average molecular weight is 135 g/mol. The topological polar surface area (TPSA) is 58.8 Å². The van der Waals surface area contributed by atoms with E-state index in [0.29, 0.717) is 6.10 Å². The monoisotopic (exact) mass is 135 g/mol. The first-order valence-corrected chi connectivity index (χ1v) is 3.07. The third kappa shape index (κ3) is 32.8. The molecule has 1 rings (SSSR count). The molecule has 0 bridgehead atoms. The summed E-state index contributed by atoms with van der Waals surface area (Å²) in [5, 5.41) is 7.00. The van der Waals surface area contributed by atoms with Gasteiger partial charge in [0.05, 0.1) is 12.7 Å². The van der Waals surface area contributed by atoms with Crippen LogP contribution in [0.5, 0.6) is 0 Å². The van der Waals surface area contributed by atoms with Gasteiger partial charge in [-0.3, -0.25) is 0 Å². The highest BCUT2D eigenvalue weighted by atomic mass is 16.6. The molecule has 3 nitrogen and oxygen atoms in total. The Hall–Kier alpha value is -0.120. The van der Waals surface area contributed by atoms with Gasteiger partial charge in [0, 0.05) is 7.11 Å². The van der Waals surface area contributed by atoms with Crippen LogP contribution in [0.1, 0.15) is 13.8 Å². The highest BCUT2D eigenvalue weighted by Gasteiger charge is 2.13. The number of epoxide rings is 1. The fourth-order valence-corrected chi connectivity index (χ4v) is 0.0962. The summed E-state index contributed by atoms with van der Waals surface area (Å²) in [5.41, 5.74) is 4.85. The number of nitrogens with two attached hydrogens (primary N) is 1. The third-order valence-corrected chi connectivity index (χ3v) is 0.500. The van der Waals surface area contributed by atoms with E-state index in [9.17, 15) is 0 Å². The zero-order valence-electron chi connectivity index (χ0n) is 6.42. The molecule has 1 atom stereocenters. The lowest BCUT2D eigenvalue weighted by Gasteiger charge is -1.53. The van der Waals surface area contributed by atoms with Gasteiger partial charge >= 0.3 is 0 Å². The lowest BCUT2D eigenvalue weighted by molar-refractivity contribution is 0.399. The van der Waals surface area contributed by atoms with E-state index in [4.69, 9.17) is 15.6 Å². The molecule has 3 N–H and O–H groups in total. The molecule has 0 radical (unpaired) electrons. The van der Waals surface area contributed by atoms with Gasteiger partial charge in [-0.15, -0.1) is 0 Å². The molecule has 1 saturated heterocycles. The second-order valence-electron chi connectivity index (χ2n) is 1.55. The van der Waals surface area contributed by atoms with Gasteiger partial charge in [-0.1, -0.05) is 6.92 Å².